The van der Waals surface area contributed by atoms with Crippen molar-refractivity contribution < 1.29 is 9.26 Å². The normalized spacial score (nSPS) is 17.0. The summed E-state index contributed by atoms with van der Waals surface area (Å²) in [7, 11) is 5.92. The molecule has 1 saturated heterocycles. The second kappa shape index (κ2) is 7.98. The first-order valence-corrected chi connectivity index (χ1v) is 9.50. The smallest absolute Gasteiger partial charge is 0.259 e. The Morgan fingerprint density at radius 1 is 1.18 bits per heavy atom. The Bertz CT molecular complexity index is 907. The third-order valence-electron chi connectivity index (χ3n) is 5.32. The van der Waals surface area contributed by atoms with Crippen molar-refractivity contribution in [1.82, 2.24) is 20.0 Å². The average Bonchev–Trinajstić information content (AvgIpc) is 3.38. The summed E-state index contributed by atoms with van der Waals surface area (Å²) in [6.07, 6.45) is 4.31. The predicted octanol–water partition coefficient (Wildman–Crippen LogP) is 3.34. The van der Waals surface area contributed by atoms with Crippen LogP contribution in [0, 0.1) is 0 Å². The third-order valence-corrected chi connectivity index (χ3v) is 5.32. The van der Waals surface area contributed by atoms with E-state index in [9.17, 15) is 0 Å². The summed E-state index contributed by atoms with van der Waals surface area (Å²) in [5.74, 6) is 2.74. The van der Waals surface area contributed by atoms with Gasteiger partial charge in [-0.15, -0.1) is 0 Å². The van der Waals surface area contributed by atoms with Crippen LogP contribution in [-0.2, 0) is 0 Å². The molecule has 0 N–H and O–H groups in total. The number of aromatic nitrogens is 3. The highest BCUT2D eigenvalue weighted by molar-refractivity contribution is 5.60. The second-order valence-electron chi connectivity index (χ2n) is 7.21. The molecule has 0 saturated carbocycles. The van der Waals surface area contributed by atoms with Crippen LogP contribution in [0.2, 0.25) is 0 Å². The molecule has 2 aromatic heterocycles. The molecule has 0 radical (unpaired) electrons. The number of hydrogen-bond acceptors (Lipinski definition) is 7. The minimum atomic E-state index is 0.461. The molecule has 3 heterocycles. The van der Waals surface area contributed by atoms with Gasteiger partial charge in [0, 0.05) is 31.4 Å². The SMILES string of the molecule is COc1ccc(-c2noc(-c3ccc(N(C)C[C@@H]4CCCN4C)nc3)n2)cc1. The Balaban J connectivity index is 1.45. The lowest BCUT2D eigenvalue weighted by Gasteiger charge is -2.26. The zero-order valence-corrected chi connectivity index (χ0v) is 16.5. The lowest BCUT2D eigenvalue weighted by Crippen LogP contribution is -2.36. The number of benzene rings is 1. The van der Waals surface area contributed by atoms with Crippen molar-refractivity contribution in [3.63, 3.8) is 0 Å². The first kappa shape index (κ1) is 18.4. The molecule has 28 heavy (non-hydrogen) atoms. The van der Waals surface area contributed by atoms with E-state index in [0.29, 0.717) is 17.8 Å². The molecule has 3 aromatic rings. The molecule has 0 amide bonds. The van der Waals surface area contributed by atoms with Gasteiger partial charge in [0.05, 0.1) is 12.7 Å². The van der Waals surface area contributed by atoms with E-state index < -0.39 is 0 Å². The Labute approximate surface area is 164 Å². The maximum Gasteiger partial charge on any atom is 0.259 e. The number of hydrogen-bond donors (Lipinski definition) is 0. The summed E-state index contributed by atoms with van der Waals surface area (Å²) in [5.41, 5.74) is 1.68. The van der Waals surface area contributed by atoms with Crippen molar-refractivity contribution in [3.8, 4) is 28.6 Å². The zero-order valence-electron chi connectivity index (χ0n) is 16.5. The van der Waals surface area contributed by atoms with Gasteiger partial charge in [0.2, 0.25) is 5.82 Å². The van der Waals surface area contributed by atoms with Crippen LogP contribution in [0.5, 0.6) is 5.75 Å². The van der Waals surface area contributed by atoms with Crippen LogP contribution in [0.4, 0.5) is 5.82 Å². The van der Waals surface area contributed by atoms with Gasteiger partial charge in [-0.2, -0.15) is 4.98 Å². The fourth-order valence-electron chi connectivity index (χ4n) is 3.56. The average molecular weight is 379 g/mol. The lowest BCUT2D eigenvalue weighted by atomic mass is 10.2. The van der Waals surface area contributed by atoms with E-state index in [2.05, 4.69) is 39.0 Å². The van der Waals surface area contributed by atoms with Crippen LogP contribution in [0.15, 0.2) is 47.1 Å². The lowest BCUT2D eigenvalue weighted by molar-refractivity contribution is 0.314. The minimum absolute atomic E-state index is 0.461. The van der Waals surface area contributed by atoms with Crippen molar-refractivity contribution in [2.45, 2.75) is 18.9 Å². The second-order valence-corrected chi connectivity index (χ2v) is 7.21. The summed E-state index contributed by atoms with van der Waals surface area (Å²) in [6.45, 7) is 2.16. The molecule has 1 fully saturated rings. The molecule has 1 aliphatic heterocycles. The van der Waals surface area contributed by atoms with Gasteiger partial charge in [-0.1, -0.05) is 5.16 Å². The molecule has 4 rings (SSSR count). The van der Waals surface area contributed by atoms with E-state index in [1.165, 1.54) is 19.4 Å². The highest BCUT2D eigenvalue weighted by Gasteiger charge is 2.22. The van der Waals surface area contributed by atoms with Gasteiger partial charge in [-0.25, -0.2) is 4.98 Å². The van der Waals surface area contributed by atoms with Crippen LogP contribution in [0.1, 0.15) is 12.8 Å². The van der Waals surface area contributed by atoms with E-state index >= 15 is 0 Å². The number of methoxy groups -OCH3 is 1. The number of likely N-dealkylation sites (tertiary alicyclic amines) is 1. The van der Waals surface area contributed by atoms with Crippen molar-refractivity contribution in [1.29, 1.82) is 0 Å². The van der Waals surface area contributed by atoms with Crippen LogP contribution >= 0.6 is 0 Å². The molecule has 0 spiro atoms. The first-order chi connectivity index (χ1) is 13.6. The highest BCUT2D eigenvalue weighted by Crippen LogP contribution is 2.25. The summed E-state index contributed by atoms with van der Waals surface area (Å²) in [6, 6.07) is 12.1. The van der Waals surface area contributed by atoms with Gasteiger partial charge in [0.25, 0.3) is 5.89 Å². The van der Waals surface area contributed by atoms with Crippen molar-refractivity contribution in [2.24, 2.45) is 0 Å². The van der Waals surface area contributed by atoms with E-state index in [1.54, 1.807) is 13.3 Å². The Hall–Kier alpha value is -2.93. The summed E-state index contributed by atoms with van der Waals surface area (Å²) >= 11 is 0. The molecule has 1 aromatic carbocycles. The number of likely N-dealkylation sites (N-methyl/N-ethyl adjacent to an activating group) is 2. The summed E-state index contributed by atoms with van der Waals surface area (Å²) < 4.78 is 10.6. The van der Waals surface area contributed by atoms with E-state index in [1.807, 2.05) is 36.4 Å². The zero-order chi connectivity index (χ0) is 19.5. The maximum absolute atomic E-state index is 5.43. The van der Waals surface area contributed by atoms with Crippen LogP contribution in [-0.4, -0.2) is 60.4 Å². The van der Waals surface area contributed by atoms with Gasteiger partial charge in [-0.05, 0) is 62.8 Å². The molecule has 0 bridgehead atoms. The Morgan fingerprint density at radius 2 is 1.96 bits per heavy atom. The minimum Gasteiger partial charge on any atom is -0.497 e. The number of nitrogens with zero attached hydrogens (tertiary/aromatic N) is 5. The highest BCUT2D eigenvalue weighted by atomic mass is 16.5. The van der Waals surface area contributed by atoms with Crippen molar-refractivity contribution in [2.75, 3.05) is 39.2 Å². The molecular formula is C21H25N5O2. The predicted molar refractivity (Wildman–Crippen MR) is 108 cm³/mol. The fraction of sp³-hybridized carbons (Fsp3) is 0.381. The van der Waals surface area contributed by atoms with Crippen LogP contribution in [0.3, 0.4) is 0 Å². The summed E-state index contributed by atoms with van der Waals surface area (Å²) in [5, 5.41) is 4.08. The van der Waals surface area contributed by atoms with E-state index in [0.717, 1.165) is 29.2 Å². The number of ether oxygens (including phenoxy) is 1. The first-order valence-electron chi connectivity index (χ1n) is 9.50. The van der Waals surface area contributed by atoms with E-state index in [-0.39, 0.29) is 0 Å². The standard InChI is InChI=1S/C21H25N5O2/c1-25-12-4-5-17(25)14-26(2)19-11-8-16(13-22-19)21-23-20(24-28-21)15-6-9-18(27-3)10-7-15/h6-11,13,17H,4-5,12,14H2,1-3H3/t17-/m0/s1. The van der Waals surface area contributed by atoms with Crippen molar-refractivity contribution >= 4 is 5.82 Å². The molecule has 7 heteroatoms. The molecule has 0 aliphatic carbocycles. The molecule has 7 nitrogen and oxygen atoms in total. The summed E-state index contributed by atoms with van der Waals surface area (Å²) in [4.78, 5) is 13.7. The Morgan fingerprint density at radius 3 is 2.61 bits per heavy atom. The molecule has 146 valence electrons. The number of anilines is 1. The molecule has 1 aliphatic rings. The molecular weight excluding hydrogens is 354 g/mol. The van der Waals surface area contributed by atoms with E-state index in [4.69, 9.17) is 9.26 Å². The number of pyridine rings is 1. The van der Waals surface area contributed by atoms with Crippen molar-refractivity contribution in [3.05, 3.63) is 42.6 Å². The van der Waals surface area contributed by atoms with Gasteiger partial charge in [0.15, 0.2) is 0 Å². The number of rotatable bonds is 6. The van der Waals surface area contributed by atoms with Gasteiger partial charge in [0.1, 0.15) is 11.6 Å². The Kier molecular flexibility index (Phi) is 5.25. The molecule has 0 unspecified atom stereocenters. The fourth-order valence-corrected chi connectivity index (χ4v) is 3.56. The van der Waals surface area contributed by atoms with Gasteiger partial charge < -0.3 is 19.1 Å². The maximum atomic E-state index is 5.43. The topological polar surface area (TPSA) is 67.5 Å². The van der Waals surface area contributed by atoms with Gasteiger partial charge in [-0.3, -0.25) is 0 Å². The third kappa shape index (κ3) is 3.84. The monoisotopic (exact) mass is 379 g/mol. The van der Waals surface area contributed by atoms with Gasteiger partial charge >= 0.3 is 0 Å². The van der Waals surface area contributed by atoms with Crippen LogP contribution in [0.25, 0.3) is 22.8 Å². The van der Waals surface area contributed by atoms with Crippen LogP contribution < -0.4 is 9.64 Å². The molecule has 1 atom stereocenters. The largest absolute Gasteiger partial charge is 0.497 e. The quantitative estimate of drug-likeness (QED) is 0.651.